The monoisotopic (exact) mass is 301 g/mol. The van der Waals surface area contributed by atoms with Crippen LogP contribution in [-0.2, 0) is 15.8 Å². The van der Waals surface area contributed by atoms with E-state index < -0.39 is 10.0 Å². The van der Waals surface area contributed by atoms with Crippen molar-refractivity contribution in [2.24, 2.45) is 5.92 Å². The lowest BCUT2D eigenvalue weighted by Gasteiger charge is -2.21. The van der Waals surface area contributed by atoms with E-state index in [4.69, 9.17) is 11.6 Å². The lowest BCUT2D eigenvalue weighted by molar-refractivity contribution is 0.357. The van der Waals surface area contributed by atoms with Crippen molar-refractivity contribution in [3.8, 4) is 0 Å². The Morgan fingerprint density at radius 2 is 1.95 bits per heavy atom. The van der Waals surface area contributed by atoms with Crippen molar-refractivity contribution in [3.05, 3.63) is 34.9 Å². The smallest absolute Gasteiger partial charge is 0.215 e. The first-order chi connectivity index (χ1) is 9.05. The van der Waals surface area contributed by atoms with Crippen LogP contribution < -0.4 is 4.72 Å². The standard InChI is InChI=1S/C14H20ClNO2S/c15-14-8-4-7-13(9-14)11-19(17,18)16-10-12-5-2-1-3-6-12/h4,7-9,12,16H,1-3,5-6,10-11H2. The molecule has 5 heteroatoms. The molecule has 0 atom stereocenters. The Morgan fingerprint density at radius 1 is 1.21 bits per heavy atom. The summed E-state index contributed by atoms with van der Waals surface area (Å²) < 4.78 is 26.7. The van der Waals surface area contributed by atoms with E-state index >= 15 is 0 Å². The molecule has 0 bridgehead atoms. The first kappa shape index (κ1) is 14.8. The number of hydrogen-bond donors (Lipinski definition) is 1. The summed E-state index contributed by atoms with van der Waals surface area (Å²) in [6.07, 6.45) is 6.01. The van der Waals surface area contributed by atoms with Crippen molar-refractivity contribution < 1.29 is 8.42 Å². The van der Waals surface area contributed by atoms with Gasteiger partial charge in [-0.2, -0.15) is 0 Å². The molecule has 1 aliphatic rings. The molecule has 0 saturated heterocycles. The molecular formula is C14H20ClNO2S. The fourth-order valence-corrected chi connectivity index (χ4v) is 3.96. The predicted molar refractivity (Wildman–Crippen MR) is 78.7 cm³/mol. The number of hydrogen-bond acceptors (Lipinski definition) is 2. The summed E-state index contributed by atoms with van der Waals surface area (Å²) in [5.74, 6) is 0.503. The second-order valence-electron chi connectivity index (χ2n) is 5.24. The molecule has 0 unspecified atom stereocenters. The van der Waals surface area contributed by atoms with Gasteiger partial charge in [-0.1, -0.05) is 43.0 Å². The molecule has 0 spiro atoms. The summed E-state index contributed by atoms with van der Waals surface area (Å²) in [7, 11) is -3.26. The summed E-state index contributed by atoms with van der Waals surface area (Å²) in [5.41, 5.74) is 0.726. The molecule has 19 heavy (non-hydrogen) atoms. The third kappa shape index (κ3) is 5.13. The fraction of sp³-hybridized carbons (Fsp3) is 0.571. The van der Waals surface area contributed by atoms with Crippen LogP contribution in [0.25, 0.3) is 0 Å². The van der Waals surface area contributed by atoms with E-state index in [2.05, 4.69) is 4.72 Å². The molecule has 1 aliphatic carbocycles. The van der Waals surface area contributed by atoms with Gasteiger partial charge in [0.05, 0.1) is 5.75 Å². The maximum absolute atomic E-state index is 12.0. The van der Waals surface area contributed by atoms with E-state index in [1.807, 2.05) is 0 Å². The molecule has 106 valence electrons. The number of nitrogens with one attached hydrogen (secondary N) is 1. The SMILES string of the molecule is O=S(=O)(Cc1cccc(Cl)c1)NCC1CCCCC1. The average molecular weight is 302 g/mol. The Balaban J connectivity index is 1.87. The minimum atomic E-state index is -3.26. The highest BCUT2D eigenvalue weighted by molar-refractivity contribution is 7.88. The van der Waals surface area contributed by atoms with Crippen molar-refractivity contribution in [1.29, 1.82) is 0 Å². The van der Waals surface area contributed by atoms with E-state index in [9.17, 15) is 8.42 Å². The number of benzene rings is 1. The molecule has 0 heterocycles. The average Bonchev–Trinajstić information content (AvgIpc) is 2.37. The van der Waals surface area contributed by atoms with Gasteiger partial charge in [-0.3, -0.25) is 0 Å². The Morgan fingerprint density at radius 3 is 2.63 bits per heavy atom. The Kier molecular flexibility index (Phi) is 5.25. The molecule has 0 aromatic heterocycles. The van der Waals surface area contributed by atoms with Crippen LogP contribution in [0.15, 0.2) is 24.3 Å². The fourth-order valence-electron chi connectivity index (χ4n) is 2.53. The number of halogens is 1. The van der Waals surface area contributed by atoms with E-state index in [1.165, 1.54) is 19.3 Å². The molecule has 1 fully saturated rings. The zero-order chi connectivity index (χ0) is 13.7. The zero-order valence-corrected chi connectivity index (χ0v) is 12.5. The highest BCUT2D eigenvalue weighted by Crippen LogP contribution is 2.23. The van der Waals surface area contributed by atoms with Crippen LogP contribution >= 0.6 is 11.6 Å². The molecule has 3 nitrogen and oxygen atoms in total. The van der Waals surface area contributed by atoms with Crippen LogP contribution in [0.3, 0.4) is 0 Å². The minimum absolute atomic E-state index is 0.000278. The topological polar surface area (TPSA) is 46.2 Å². The van der Waals surface area contributed by atoms with Crippen molar-refractivity contribution in [3.63, 3.8) is 0 Å². The van der Waals surface area contributed by atoms with Crippen molar-refractivity contribution in [2.75, 3.05) is 6.54 Å². The van der Waals surface area contributed by atoms with Gasteiger partial charge in [0.15, 0.2) is 0 Å². The summed E-state index contributed by atoms with van der Waals surface area (Å²) >= 11 is 5.86. The van der Waals surface area contributed by atoms with E-state index in [1.54, 1.807) is 24.3 Å². The first-order valence-electron chi connectivity index (χ1n) is 6.77. The molecular weight excluding hydrogens is 282 g/mol. The largest absolute Gasteiger partial charge is 0.215 e. The molecule has 1 saturated carbocycles. The van der Waals surface area contributed by atoms with Gasteiger partial charge in [0.25, 0.3) is 0 Å². The van der Waals surface area contributed by atoms with Gasteiger partial charge in [0, 0.05) is 11.6 Å². The molecule has 2 rings (SSSR count). The highest BCUT2D eigenvalue weighted by atomic mass is 35.5. The maximum atomic E-state index is 12.0. The van der Waals surface area contributed by atoms with Gasteiger partial charge in [0.2, 0.25) is 10.0 Å². The molecule has 0 amide bonds. The second kappa shape index (κ2) is 6.73. The lowest BCUT2D eigenvalue weighted by atomic mass is 9.90. The minimum Gasteiger partial charge on any atom is -0.215 e. The van der Waals surface area contributed by atoms with Gasteiger partial charge in [0.1, 0.15) is 0 Å². The first-order valence-corrected chi connectivity index (χ1v) is 8.80. The van der Waals surface area contributed by atoms with Crippen molar-refractivity contribution in [2.45, 2.75) is 37.9 Å². The van der Waals surface area contributed by atoms with Crippen molar-refractivity contribution in [1.82, 2.24) is 4.72 Å². The van der Waals surface area contributed by atoms with E-state index in [-0.39, 0.29) is 5.75 Å². The summed E-state index contributed by atoms with van der Waals surface area (Å²) in [6, 6.07) is 6.99. The number of sulfonamides is 1. The quantitative estimate of drug-likeness (QED) is 0.906. The molecule has 1 aromatic rings. The van der Waals surface area contributed by atoms with Crippen molar-refractivity contribution >= 4 is 21.6 Å². The van der Waals surface area contributed by atoms with Gasteiger partial charge in [-0.05, 0) is 36.5 Å². The Labute approximate surface area is 120 Å². The predicted octanol–water partition coefficient (Wildman–Crippen LogP) is 3.34. The summed E-state index contributed by atoms with van der Waals surface area (Å²) in [6.45, 7) is 0.572. The van der Waals surface area contributed by atoms with Crippen LogP contribution in [0.5, 0.6) is 0 Å². The summed E-state index contributed by atoms with van der Waals surface area (Å²) in [5, 5.41) is 0.569. The third-order valence-corrected chi connectivity index (χ3v) is 5.12. The van der Waals surface area contributed by atoms with Gasteiger partial charge in [-0.15, -0.1) is 0 Å². The van der Waals surface area contributed by atoms with Gasteiger partial charge in [-0.25, -0.2) is 13.1 Å². The maximum Gasteiger partial charge on any atom is 0.215 e. The molecule has 1 aromatic carbocycles. The van der Waals surface area contributed by atoms with E-state index in [0.29, 0.717) is 17.5 Å². The molecule has 0 radical (unpaired) electrons. The number of rotatable bonds is 5. The Hall–Kier alpha value is -0.580. The van der Waals surface area contributed by atoms with Crippen LogP contribution in [-0.4, -0.2) is 15.0 Å². The lowest BCUT2D eigenvalue weighted by Crippen LogP contribution is -2.31. The van der Waals surface area contributed by atoms with Crippen LogP contribution in [0, 0.1) is 5.92 Å². The second-order valence-corrected chi connectivity index (χ2v) is 7.48. The van der Waals surface area contributed by atoms with Gasteiger partial charge >= 0.3 is 0 Å². The normalized spacial score (nSPS) is 17.5. The Bertz CT molecular complexity index is 510. The van der Waals surface area contributed by atoms with Gasteiger partial charge < -0.3 is 0 Å². The zero-order valence-electron chi connectivity index (χ0n) is 10.9. The molecule has 0 aliphatic heterocycles. The third-order valence-electron chi connectivity index (χ3n) is 3.56. The van der Waals surface area contributed by atoms with Crippen LogP contribution in [0.2, 0.25) is 5.02 Å². The molecule has 1 N–H and O–H groups in total. The van der Waals surface area contributed by atoms with Crippen LogP contribution in [0.1, 0.15) is 37.7 Å². The van der Waals surface area contributed by atoms with E-state index in [0.717, 1.165) is 18.4 Å². The summed E-state index contributed by atoms with van der Waals surface area (Å²) in [4.78, 5) is 0. The van der Waals surface area contributed by atoms with Crippen LogP contribution in [0.4, 0.5) is 0 Å². The highest BCUT2D eigenvalue weighted by Gasteiger charge is 2.17.